The number of fused-ring (bicyclic) bond motifs is 2. The molecular weight excluding hydrogens is 755 g/mol. The summed E-state index contributed by atoms with van der Waals surface area (Å²) in [4.78, 5) is 33.3. The van der Waals surface area contributed by atoms with Crippen molar-refractivity contribution >= 4 is 56.9 Å². The molecule has 0 fully saturated rings. The van der Waals surface area contributed by atoms with Crippen LogP contribution >= 0.6 is 23.2 Å². The molecule has 2 heterocycles. The fourth-order valence-electron chi connectivity index (χ4n) is 6.06. The Morgan fingerprint density at radius 2 is 1.11 bits per heavy atom. The van der Waals surface area contributed by atoms with E-state index in [0.717, 1.165) is 17.5 Å². The number of aromatic nitrogens is 2. The average molecular weight is 786 g/mol. The average Bonchev–Trinajstić information content (AvgIpc) is 3.16. The Labute approximate surface area is 322 Å². The molecule has 0 spiro atoms. The molecule has 2 aromatic heterocycles. The van der Waals surface area contributed by atoms with Gasteiger partial charge in [-0.05, 0) is 80.1 Å². The van der Waals surface area contributed by atoms with Crippen LogP contribution < -0.4 is 11.1 Å². The van der Waals surface area contributed by atoms with Crippen molar-refractivity contribution in [3.05, 3.63) is 165 Å². The maximum Gasteiger partial charge on any atom is 0.336 e. The SMILES string of the molecule is C[C@H](N)c1cc2cccc(Cl)c2nc1-c1cccc(F)c1F.C[C@H](NC(=O)c1ccccc1C(=O)O)c1cc2cccc(Cl)c2nc1-c1cccc(F)c1F. The molecule has 1 amide bonds. The summed E-state index contributed by atoms with van der Waals surface area (Å²) >= 11 is 12.4. The van der Waals surface area contributed by atoms with Crippen LogP contribution in [0.25, 0.3) is 44.3 Å². The molecule has 7 nitrogen and oxygen atoms in total. The van der Waals surface area contributed by atoms with Gasteiger partial charge in [-0.3, -0.25) is 4.79 Å². The number of hydrogen-bond donors (Lipinski definition) is 3. The van der Waals surface area contributed by atoms with Gasteiger partial charge in [0.2, 0.25) is 0 Å². The maximum atomic E-state index is 14.7. The lowest BCUT2D eigenvalue weighted by molar-refractivity contribution is 0.0690. The maximum absolute atomic E-state index is 14.7. The first-order valence-electron chi connectivity index (χ1n) is 16.7. The van der Waals surface area contributed by atoms with Crippen molar-refractivity contribution in [3.8, 4) is 22.5 Å². The van der Waals surface area contributed by atoms with E-state index >= 15 is 0 Å². The topological polar surface area (TPSA) is 118 Å². The van der Waals surface area contributed by atoms with Crippen molar-refractivity contribution < 1.29 is 32.3 Å². The highest BCUT2D eigenvalue weighted by Crippen LogP contribution is 2.35. The van der Waals surface area contributed by atoms with Gasteiger partial charge in [-0.15, -0.1) is 0 Å². The van der Waals surface area contributed by atoms with Gasteiger partial charge in [-0.1, -0.05) is 71.7 Å². The van der Waals surface area contributed by atoms with E-state index in [2.05, 4.69) is 15.3 Å². The number of para-hydroxylation sites is 2. The van der Waals surface area contributed by atoms with Gasteiger partial charge in [0.25, 0.3) is 5.91 Å². The van der Waals surface area contributed by atoms with E-state index in [1.807, 2.05) is 12.1 Å². The molecule has 5 aromatic carbocycles. The van der Waals surface area contributed by atoms with Crippen LogP contribution in [0.4, 0.5) is 17.6 Å². The number of carboxylic acids is 1. The number of carboxylic acid groups (broad SMARTS) is 1. The summed E-state index contributed by atoms with van der Waals surface area (Å²) in [6.07, 6.45) is 0. The van der Waals surface area contributed by atoms with Crippen LogP contribution in [0.1, 0.15) is 57.8 Å². The van der Waals surface area contributed by atoms with E-state index in [0.29, 0.717) is 43.3 Å². The fourth-order valence-corrected chi connectivity index (χ4v) is 6.51. The smallest absolute Gasteiger partial charge is 0.336 e. The van der Waals surface area contributed by atoms with Crippen molar-refractivity contribution in [3.63, 3.8) is 0 Å². The Bertz CT molecular complexity index is 2620. The van der Waals surface area contributed by atoms with Crippen LogP contribution in [-0.4, -0.2) is 27.0 Å². The van der Waals surface area contributed by atoms with Crippen molar-refractivity contribution in [2.24, 2.45) is 5.73 Å². The van der Waals surface area contributed by atoms with Gasteiger partial charge in [-0.2, -0.15) is 0 Å². The van der Waals surface area contributed by atoms with Gasteiger partial charge in [0.05, 0.1) is 49.6 Å². The van der Waals surface area contributed by atoms with Gasteiger partial charge >= 0.3 is 5.97 Å². The van der Waals surface area contributed by atoms with Gasteiger partial charge in [0.1, 0.15) is 0 Å². The first kappa shape index (κ1) is 38.8. The molecule has 0 aliphatic rings. The molecule has 4 N–H and O–H groups in total. The molecule has 0 unspecified atom stereocenters. The number of nitrogens with zero attached hydrogens (tertiary/aromatic N) is 2. The van der Waals surface area contributed by atoms with E-state index in [9.17, 15) is 32.3 Å². The largest absolute Gasteiger partial charge is 0.478 e. The lowest BCUT2D eigenvalue weighted by Gasteiger charge is -2.20. The molecule has 0 radical (unpaired) electrons. The van der Waals surface area contributed by atoms with Crippen molar-refractivity contribution in [2.45, 2.75) is 25.9 Å². The predicted octanol–water partition coefficient (Wildman–Crippen LogP) is 10.9. The van der Waals surface area contributed by atoms with Crippen LogP contribution in [0.15, 0.2) is 109 Å². The number of pyridine rings is 2. The highest BCUT2D eigenvalue weighted by molar-refractivity contribution is 6.35. The molecule has 13 heteroatoms. The monoisotopic (exact) mass is 784 g/mol. The quantitative estimate of drug-likeness (QED) is 0.139. The summed E-state index contributed by atoms with van der Waals surface area (Å²) in [7, 11) is 0. The lowest BCUT2D eigenvalue weighted by atomic mass is 9.97. The number of halogens is 6. The van der Waals surface area contributed by atoms with Crippen molar-refractivity contribution in [1.29, 1.82) is 0 Å². The highest BCUT2D eigenvalue weighted by Gasteiger charge is 2.24. The second kappa shape index (κ2) is 16.2. The second-order valence-corrected chi connectivity index (χ2v) is 13.3. The molecular formula is C42H30Cl2F4N4O3. The van der Waals surface area contributed by atoms with E-state index in [1.54, 1.807) is 56.3 Å². The second-order valence-electron chi connectivity index (χ2n) is 12.5. The first-order chi connectivity index (χ1) is 26.3. The zero-order chi connectivity index (χ0) is 39.6. The number of rotatable bonds is 7. The molecule has 0 aliphatic heterocycles. The number of benzene rings is 5. The number of amides is 1. The van der Waals surface area contributed by atoms with E-state index < -0.39 is 41.2 Å². The summed E-state index contributed by atoms with van der Waals surface area (Å²) < 4.78 is 56.4. The molecule has 0 aliphatic carbocycles. The minimum atomic E-state index is -1.24. The van der Waals surface area contributed by atoms with E-state index in [1.165, 1.54) is 42.5 Å². The molecule has 55 heavy (non-hydrogen) atoms. The number of carbonyl (C=O) groups is 2. The number of nitrogens with one attached hydrogen (secondary N) is 1. The summed E-state index contributed by atoms with van der Waals surface area (Å²) in [5, 5.41) is 14.4. The van der Waals surface area contributed by atoms with Crippen LogP contribution in [-0.2, 0) is 0 Å². The predicted molar refractivity (Wildman–Crippen MR) is 206 cm³/mol. The molecule has 0 saturated carbocycles. The normalized spacial score (nSPS) is 12.2. The van der Waals surface area contributed by atoms with Crippen molar-refractivity contribution in [2.75, 3.05) is 0 Å². The van der Waals surface area contributed by atoms with Gasteiger partial charge in [0, 0.05) is 33.5 Å². The number of hydrogen-bond acceptors (Lipinski definition) is 5. The van der Waals surface area contributed by atoms with Gasteiger partial charge < -0.3 is 16.2 Å². The van der Waals surface area contributed by atoms with Crippen LogP contribution in [0, 0.1) is 23.3 Å². The van der Waals surface area contributed by atoms with E-state index in [4.69, 9.17) is 28.9 Å². The Kier molecular flexibility index (Phi) is 11.5. The molecule has 0 saturated heterocycles. The van der Waals surface area contributed by atoms with Crippen LogP contribution in [0.2, 0.25) is 10.0 Å². The molecule has 2 atom stereocenters. The minimum Gasteiger partial charge on any atom is -0.478 e. The van der Waals surface area contributed by atoms with Crippen LogP contribution in [0.3, 0.4) is 0 Å². The number of carbonyl (C=O) groups excluding carboxylic acids is 1. The highest BCUT2D eigenvalue weighted by atomic mass is 35.5. The fraction of sp³-hybridized carbons (Fsp3) is 0.0952. The zero-order valence-electron chi connectivity index (χ0n) is 29.1. The molecule has 0 bridgehead atoms. The molecule has 278 valence electrons. The Morgan fingerprint density at radius 1 is 0.655 bits per heavy atom. The third-order valence-electron chi connectivity index (χ3n) is 8.77. The summed E-state index contributed by atoms with van der Waals surface area (Å²) in [5.74, 6) is -5.84. The van der Waals surface area contributed by atoms with Gasteiger partial charge in [-0.25, -0.2) is 32.3 Å². The summed E-state index contributed by atoms with van der Waals surface area (Å²) in [5.41, 5.74) is 8.22. The Hall–Kier alpha value is -5.88. The molecule has 7 rings (SSSR count). The van der Waals surface area contributed by atoms with Crippen molar-refractivity contribution in [1.82, 2.24) is 15.3 Å². The zero-order valence-corrected chi connectivity index (χ0v) is 30.6. The minimum absolute atomic E-state index is 0.0212. The Balaban J connectivity index is 0.000000203. The Morgan fingerprint density at radius 3 is 1.60 bits per heavy atom. The standard InChI is InChI=1S/C25H17ClF2N2O3.C17H13ClF2N2/c1-13(29-24(31)15-7-2-3-8-16(15)25(32)33)18-12-14-6-4-10-19(26)22(14)30-23(18)17-9-5-11-20(27)21(17)28;1-9(21)12-8-10-4-2-6-13(18)16(10)22-17(12)11-5-3-7-14(19)15(11)20/h2-13H,1H3,(H,29,31)(H,32,33);2-9H,21H2,1H3/t13-;9-/m00/s1. The van der Waals surface area contributed by atoms with E-state index in [-0.39, 0.29) is 34.0 Å². The third-order valence-corrected chi connectivity index (χ3v) is 9.38. The van der Waals surface area contributed by atoms with Gasteiger partial charge in [0.15, 0.2) is 23.3 Å². The molecule has 7 aromatic rings. The number of nitrogens with two attached hydrogens (primary N) is 1. The summed E-state index contributed by atoms with van der Waals surface area (Å²) in [6.45, 7) is 3.42. The van der Waals surface area contributed by atoms with Crippen LogP contribution in [0.5, 0.6) is 0 Å². The summed E-state index contributed by atoms with van der Waals surface area (Å²) in [6, 6.07) is 26.4. The first-order valence-corrected chi connectivity index (χ1v) is 17.5. The third kappa shape index (κ3) is 8.00. The lowest BCUT2D eigenvalue weighted by Crippen LogP contribution is -2.28. The number of aromatic carboxylic acids is 1.